The first kappa shape index (κ1) is 17.1. The van der Waals surface area contributed by atoms with E-state index < -0.39 is 11.6 Å². The average molecular weight is 348 g/mol. The van der Waals surface area contributed by atoms with Crippen molar-refractivity contribution in [2.24, 2.45) is 5.41 Å². The first-order valence-corrected chi connectivity index (χ1v) is 7.73. The minimum absolute atomic E-state index is 0.0100. The monoisotopic (exact) mass is 347 g/mol. The van der Waals surface area contributed by atoms with E-state index in [1.54, 1.807) is 0 Å². The highest BCUT2D eigenvalue weighted by molar-refractivity contribution is 9.09. The molecule has 0 aliphatic carbocycles. The highest BCUT2D eigenvalue weighted by Gasteiger charge is 2.19. The number of alkyl halides is 1. The summed E-state index contributed by atoms with van der Waals surface area (Å²) in [5.74, 6) is -2.16. The predicted molar refractivity (Wildman–Crippen MR) is 79.9 cm³/mol. The van der Waals surface area contributed by atoms with Gasteiger partial charge in [-0.25, -0.2) is 8.78 Å². The van der Waals surface area contributed by atoms with Crippen molar-refractivity contribution in [3.8, 4) is 0 Å². The minimum Gasteiger partial charge on any atom is -0.355 e. The van der Waals surface area contributed by atoms with Gasteiger partial charge in [0.25, 0.3) is 0 Å². The van der Waals surface area contributed by atoms with Crippen LogP contribution in [0.15, 0.2) is 18.2 Å². The Labute approximate surface area is 127 Å². The molecule has 1 rings (SSSR count). The second-order valence-electron chi connectivity index (χ2n) is 5.62. The predicted octanol–water partition coefficient (Wildman–Crippen LogP) is 3.82. The molecular formula is C15H20BrF2NO. The van der Waals surface area contributed by atoms with Gasteiger partial charge in [0.15, 0.2) is 11.6 Å². The summed E-state index contributed by atoms with van der Waals surface area (Å²) in [6.45, 7) is 4.66. The molecular weight excluding hydrogens is 328 g/mol. The van der Waals surface area contributed by atoms with Gasteiger partial charge in [-0.15, -0.1) is 0 Å². The fourth-order valence-electron chi connectivity index (χ4n) is 1.89. The highest BCUT2D eigenvalue weighted by Crippen LogP contribution is 2.21. The Morgan fingerprint density at radius 3 is 2.70 bits per heavy atom. The van der Waals surface area contributed by atoms with Gasteiger partial charge in [-0.3, -0.25) is 4.79 Å². The normalized spacial score (nSPS) is 11.4. The maximum atomic E-state index is 13.4. The number of carbonyl (C=O) groups excluding carboxylic acids is 1. The van der Waals surface area contributed by atoms with Crippen LogP contribution in [-0.4, -0.2) is 17.8 Å². The van der Waals surface area contributed by atoms with Gasteiger partial charge in [-0.05, 0) is 24.3 Å². The minimum atomic E-state index is -0.943. The molecule has 0 saturated heterocycles. The van der Waals surface area contributed by atoms with Crippen molar-refractivity contribution in [3.63, 3.8) is 0 Å². The van der Waals surface area contributed by atoms with Gasteiger partial charge >= 0.3 is 0 Å². The van der Waals surface area contributed by atoms with Crippen LogP contribution in [0.25, 0.3) is 0 Å². The van der Waals surface area contributed by atoms with Crippen LogP contribution >= 0.6 is 15.9 Å². The zero-order chi connectivity index (χ0) is 15.2. The fraction of sp³-hybridized carbons (Fsp3) is 0.533. The second-order valence-corrected chi connectivity index (χ2v) is 6.42. The van der Waals surface area contributed by atoms with E-state index >= 15 is 0 Å². The Kier molecular flexibility index (Phi) is 6.59. The summed E-state index contributed by atoms with van der Waals surface area (Å²) < 4.78 is 26.5. The van der Waals surface area contributed by atoms with E-state index in [9.17, 15) is 13.6 Å². The molecule has 20 heavy (non-hydrogen) atoms. The molecule has 0 bridgehead atoms. The number of benzene rings is 1. The number of carbonyl (C=O) groups is 1. The summed E-state index contributed by atoms with van der Waals surface area (Å²) in [7, 11) is 0. The van der Waals surface area contributed by atoms with Gasteiger partial charge < -0.3 is 5.32 Å². The van der Waals surface area contributed by atoms with Crippen molar-refractivity contribution < 1.29 is 13.6 Å². The topological polar surface area (TPSA) is 29.1 Å². The Balaban J connectivity index is 2.50. The molecule has 0 aliphatic heterocycles. The first-order valence-electron chi connectivity index (χ1n) is 6.61. The molecule has 0 radical (unpaired) electrons. The van der Waals surface area contributed by atoms with Gasteiger partial charge in [-0.2, -0.15) is 0 Å². The molecule has 1 aromatic carbocycles. The molecule has 0 saturated carbocycles. The molecule has 0 aliphatic rings. The van der Waals surface area contributed by atoms with Crippen LogP contribution in [0.5, 0.6) is 0 Å². The van der Waals surface area contributed by atoms with Gasteiger partial charge in [-0.1, -0.05) is 41.9 Å². The van der Waals surface area contributed by atoms with E-state index in [2.05, 4.69) is 35.1 Å². The summed E-state index contributed by atoms with van der Waals surface area (Å²) in [4.78, 5) is 11.8. The summed E-state index contributed by atoms with van der Waals surface area (Å²) >= 11 is 3.38. The molecule has 0 unspecified atom stereocenters. The highest BCUT2D eigenvalue weighted by atomic mass is 79.9. The third kappa shape index (κ3) is 5.57. The lowest BCUT2D eigenvalue weighted by Crippen LogP contribution is -2.35. The van der Waals surface area contributed by atoms with Crippen LogP contribution in [-0.2, 0) is 11.2 Å². The summed E-state index contributed by atoms with van der Waals surface area (Å²) in [6, 6.07) is 3.87. The van der Waals surface area contributed by atoms with E-state index in [1.807, 2.05) is 0 Å². The second kappa shape index (κ2) is 7.72. The third-order valence-electron chi connectivity index (χ3n) is 3.13. The maximum Gasteiger partial charge on any atom is 0.224 e. The molecule has 0 aromatic heterocycles. The standard InChI is InChI=1S/C15H20BrF2NO/c1-15(2,7-4-8-16)10-19-13(20)9-11-5-3-6-12(17)14(11)18/h3,5-6H,4,7-10H2,1-2H3,(H,19,20). The number of halogens is 3. The van der Waals surface area contributed by atoms with Crippen LogP contribution in [0.1, 0.15) is 32.3 Å². The van der Waals surface area contributed by atoms with E-state index in [0.29, 0.717) is 6.54 Å². The number of hydrogen-bond acceptors (Lipinski definition) is 1. The molecule has 0 spiro atoms. The lowest BCUT2D eigenvalue weighted by molar-refractivity contribution is -0.120. The van der Waals surface area contributed by atoms with E-state index in [0.717, 1.165) is 24.2 Å². The van der Waals surface area contributed by atoms with Gasteiger partial charge in [0, 0.05) is 17.4 Å². The van der Waals surface area contributed by atoms with Crippen molar-refractivity contribution in [1.82, 2.24) is 5.32 Å². The average Bonchev–Trinajstić information content (AvgIpc) is 2.40. The van der Waals surface area contributed by atoms with Crippen LogP contribution in [0.3, 0.4) is 0 Å². The van der Waals surface area contributed by atoms with Gasteiger partial charge in [0.2, 0.25) is 5.91 Å². The summed E-state index contributed by atoms with van der Waals surface area (Å²) in [5, 5.41) is 3.71. The van der Waals surface area contributed by atoms with Gasteiger partial charge in [0.1, 0.15) is 0 Å². The zero-order valence-electron chi connectivity index (χ0n) is 11.8. The number of hydrogen-bond donors (Lipinski definition) is 1. The van der Waals surface area contributed by atoms with E-state index in [4.69, 9.17) is 0 Å². The van der Waals surface area contributed by atoms with Crippen LogP contribution in [0, 0.1) is 17.0 Å². The Hall–Kier alpha value is -0.970. The van der Waals surface area contributed by atoms with Crippen molar-refractivity contribution in [3.05, 3.63) is 35.4 Å². The number of amides is 1. The van der Waals surface area contributed by atoms with E-state index in [1.165, 1.54) is 12.1 Å². The third-order valence-corrected chi connectivity index (χ3v) is 3.69. The summed E-state index contributed by atoms with van der Waals surface area (Å²) in [6.07, 6.45) is 1.87. The SMILES string of the molecule is CC(C)(CCCBr)CNC(=O)Cc1cccc(F)c1F. The quantitative estimate of drug-likeness (QED) is 0.746. The molecule has 1 N–H and O–H groups in total. The molecule has 0 fully saturated rings. The summed E-state index contributed by atoms with van der Waals surface area (Å²) in [5.41, 5.74) is 0.0740. The number of rotatable bonds is 7. The number of nitrogens with one attached hydrogen (secondary N) is 1. The Morgan fingerprint density at radius 2 is 2.05 bits per heavy atom. The molecule has 0 atom stereocenters. The van der Waals surface area contributed by atoms with E-state index in [-0.39, 0.29) is 23.3 Å². The van der Waals surface area contributed by atoms with Crippen molar-refractivity contribution in [2.45, 2.75) is 33.1 Å². The van der Waals surface area contributed by atoms with Crippen LogP contribution in [0.4, 0.5) is 8.78 Å². The van der Waals surface area contributed by atoms with Crippen molar-refractivity contribution in [2.75, 3.05) is 11.9 Å². The maximum absolute atomic E-state index is 13.4. The first-order chi connectivity index (χ1) is 9.35. The van der Waals surface area contributed by atoms with Crippen LogP contribution in [0.2, 0.25) is 0 Å². The Bertz CT molecular complexity index is 463. The largest absolute Gasteiger partial charge is 0.355 e. The lowest BCUT2D eigenvalue weighted by atomic mass is 9.88. The van der Waals surface area contributed by atoms with Crippen molar-refractivity contribution >= 4 is 21.8 Å². The smallest absolute Gasteiger partial charge is 0.224 e. The Morgan fingerprint density at radius 1 is 1.35 bits per heavy atom. The van der Waals surface area contributed by atoms with Crippen molar-refractivity contribution in [1.29, 1.82) is 0 Å². The zero-order valence-corrected chi connectivity index (χ0v) is 13.4. The van der Waals surface area contributed by atoms with Crippen LogP contribution < -0.4 is 5.32 Å². The fourth-order valence-corrected chi connectivity index (χ4v) is 2.17. The molecule has 0 heterocycles. The molecule has 1 amide bonds. The molecule has 1 aromatic rings. The van der Waals surface area contributed by atoms with Gasteiger partial charge in [0.05, 0.1) is 6.42 Å². The molecule has 2 nitrogen and oxygen atoms in total. The molecule has 112 valence electrons. The lowest BCUT2D eigenvalue weighted by Gasteiger charge is -2.24. The molecule has 5 heteroatoms.